The first-order valence-corrected chi connectivity index (χ1v) is 4.76. The van der Waals surface area contributed by atoms with Crippen LogP contribution in [-0.4, -0.2) is 26.0 Å². The molecule has 74 valence electrons. The van der Waals surface area contributed by atoms with Crippen LogP contribution in [0.3, 0.4) is 0 Å². The predicted octanol–water partition coefficient (Wildman–Crippen LogP) is 1.20. The summed E-state index contributed by atoms with van der Waals surface area (Å²) >= 11 is 0. The van der Waals surface area contributed by atoms with Gasteiger partial charge in [-0.25, -0.2) is 0 Å². The summed E-state index contributed by atoms with van der Waals surface area (Å²) in [6.07, 6.45) is 3.86. The van der Waals surface area contributed by atoms with E-state index in [-0.39, 0.29) is 6.10 Å². The van der Waals surface area contributed by atoms with Crippen molar-refractivity contribution in [3.63, 3.8) is 0 Å². The Balaban J connectivity index is 2.33. The predicted molar refractivity (Wildman–Crippen MR) is 53.8 cm³/mol. The van der Waals surface area contributed by atoms with Gasteiger partial charge in [0.15, 0.2) is 0 Å². The van der Waals surface area contributed by atoms with Crippen LogP contribution in [0, 0.1) is 0 Å². The third-order valence-corrected chi connectivity index (χ3v) is 2.27. The zero-order chi connectivity index (χ0) is 9.97. The van der Waals surface area contributed by atoms with Gasteiger partial charge in [-0.2, -0.15) is 5.10 Å². The van der Waals surface area contributed by atoms with Gasteiger partial charge in [0.2, 0.25) is 0 Å². The fourth-order valence-electron chi connectivity index (χ4n) is 1.39. The van der Waals surface area contributed by atoms with Gasteiger partial charge in [0.25, 0.3) is 0 Å². The summed E-state index contributed by atoms with van der Waals surface area (Å²) in [6.45, 7) is 2.49. The molecule has 2 aromatic rings. The molecular formula is C10H13N3O. The Labute approximate surface area is 82.2 Å². The molecule has 0 bridgehead atoms. The molecule has 14 heavy (non-hydrogen) atoms. The molecular weight excluding hydrogens is 178 g/mol. The van der Waals surface area contributed by atoms with E-state index in [9.17, 15) is 5.11 Å². The minimum Gasteiger partial charge on any atom is -0.391 e. The van der Waals surface area contributed by atoms with E-state index in [1.807, 2.05) is 19.1 Å². The molecule has 0 saturated carbocycles. The number of aliphatic hydroxyl groups excluding tert-OH is 1. The number of rotatable bonds is 3. The fraction of sp³-hybridized carbons (Fsp3) is 0.400. The SMILES string of the molecule is CCC(O)Cn1ncc2ncccc21. The quantitative estimate of drug-likeness (QED) is 0.793. The number of aromatic nitrogens is 3. The van der Waals surface area contributed by atoms with Crippen LogP contribution in [0.1, 0.15) is 13.3 Å². The van der Waals surface area contributed by atoms with Gasteiger partial charge in [-0.05, 0) is 18.6 Å². The van der Waals surface area contributed by atoms with Crippen molar-refractivity contribution in [2.45, 2.75) is 26.0 Å². The molecule has 0 amide bonds. The van der Waals surface area contributed by atoms with E-state index in [2.05, 4.69) is 10.1 Å². The smallest absolute Gasteiger partial charge is 0.108 e. The Morgan fingerprint density at radius 2 is 2.43 bits per heavy atom. The summed E-state index contributed by atoms with van der Waals surface area (Å²) < 4.78 is 1.79. The number of hydrogen-bond donors (Lipinski definition) is 1. The molecule has 0 aliphatic heterocycles. The number of hydrogen-bond acceptors (Lipinski definition) is 3. The van der Waals surface area contributed by atoms with Crippen molar-refractivity contribution in [2.75, 3.05) is 0 Å². The average molecular weight is 191 g/mol. The van der Waals surface area contributed by atoms with E-state index in [1.165, 1.54) is 0 Å². The topological polar surface area (TPSA) is 50.9 Å². The van der Waals surface area contributed by atoms with E-state index in [1.54, 1.807) is 17.1 Å². The van der Waals surface area contributed by atoms with Crippen molar-refractivity contribution >= 4 is 11.0 Å². The maximum Gasteiger partial charge on any atom is 0.108 e. The van der Waals surface area contributed by atoms with Gasteiger partial charge in [-0.15, -0.1) is 0 Å². The summed E-state index contributed by atoms with van der Waals surface area (Å²) in [5.41, 5.74) is 1.84. The normalized spacial score (nSPS) is 13.3. The monoisotopic (exact) mass is 191 g/mol. The molecule has 4 nitrogen and oxygen atoms in total. The minimum absolute atomic E-state index is 0.335. The molecule has 4 heteroatoms. The van der Waals surface area contributed by atoms with E-state index >= 15 is 0 Å². The maximum absolute atomic E-state index is 9.51. The van der Waals surface area contributed by atoms with Crippen LogP contribution in [0.4, 0.5) is 0 Å². The highest BCUT2D eigenvalue weighted by molar-refractivity contribution is 5.73. The van der Waals surface area contributed by atoms with Crippen molar-refractivity contribution in [1.29, 1.82) is 0 Å². The zero-order valence-electron chi connectivity index (χ0n) is 8.09. The second-order valence-electron chi connectivity index (χ2n) is 3.30. The average Bonchev–Trinajstić information content (AvgIpc) is 2.62. The van der Waals surface area contributed by atoms with Crippen molar-refractivity contribution in [3.05, 3.63) is 24.5 Å². The lowest BCUT2D eigenvalue weighted by Gasteiger charge is -2.08. The molecule has 1 N–H and O–H groups in total. The highest BCUT2D eigenvalue weighted by Crippen LogP contribution is 2.10. The van der Waals surface area contributed by atoms with E-state index < -0.39 is 0 Å². The summed E-state index contributed by atoms with van der Waals surface area (Å²) in [6, 6.07) is 3.83. The zero-order valence-corrected chi connectivity index (χ0v) is 8.09. The van der Waals surface area contributed by atoms with Gasteiger partial charge in [-0.3, -0.25) is 9.67 Å². The van der Waals surface area contributed by atoms with Gasteiger partial charge < -0.3 is 5.11 Å². The third-order valence-electron chi connectivity index (χ3n) is 2.27. The number of aliphatic hydroxyl groups is 1. The molecule has 0 fully saturated rings. The Morgan fingerprint density at radius 3 is 3.21 bits per heavy atom. The number of nitrogens with zero attached hydrogens (tertiary/aromatic N) is 3. The summed E-state index contributed by atoms with van der Waals surface area (Å²) in [7, 11) is 0. The molecule has 0 radical (unpaired) electrons. The highest BCUT2D eigenvalue weighted by atomic mass is 16.3. The van der Waals surface area contributed by atoms with E-state index in [0.717, 1.165) is 17.5 Å². The number of fused-ring (bicyclic) bond motifs is 1. The Hall–Kier alpha value is -1.42. The molecule has 1 unspecified atom stereocenters. The van der Waals surface area contributed by atoms with Crippen LogP contribution in [0.15, 0.2) is 24.5 Å². The van der Waals surface area contributed by atoms with Crippen LogP contribution in [-0.2, 0) is 6.54 Å². The van der Waals surface area contributed by atoms with Crippen molar-refractivity contribution in [1.82, 2.24) is 14.8 Å². The number of pyridine rings is 1. The Morgan fingerprint density at radius 1 is 1.57 bits per heavy atom. The van der Waals surface area contributed by atoms with Crippen LogP contribution in [0.5, 0.6) is 0 Å². The van der Waals surface area contributed by atoms with E-state index in [4.69, 9.17) is 0 Å². The minimum atomic E-state index is -0.335. The summed E-state index contributed by atoms with van der Waals surface area (Å²) in [4.78, 5) is 4.17. The van der Waals surface area contributed by atoms with Gasteiger partial charge in [0.05, 0.1) is 24.4 Å². The van der Waals surface area contributed by atoms with Crippen LogP contribution in [0.25, 0.3) is 11.0 Å². The fourth-order valence-corrected chi connectivity index (χ4v) is 1.39. The first kappa shape index (κ1) is 9.15. The molecule has 1 atom stereocenters. The standard InChI is InChI=1S/C10H13N3O/c1-2-8(14)7-13-10-4-3-5-11-9(10)6-12-13/h3-6,8,14H,2,7H2,1H3. The van der Waals surface area contributed by atoms with Gasteiger partial charge in [0.1, 0.15) is 5.52 Å². The maximum atomic E-state index is 9.51. The molecule has 2 heterocycles. The molecule has 0 aliphatic rings. The summed E-state index contributed by atoms with van der Waals surface area (Å²) in [5.74, 6) is 0. The Bertz CT molecular complexity index is 424. The van der Waals surface area contributed by atoms with Crippen molar-refractivity contribution in [3.8, 4) is 0 Å². The molecule has 0 aliphatic carbocycles. The molecule has 0 saturated heterocycles. The van der Waals surface area contributed by atoms with Crippen molar-refractivity contribution in [2.24, 2.45) is 0 Å². The van der Waals surface area contributed by atoms with Crippen molar-refractivity contribution < 1.29 is 5.11 Å². The lowest BCUT2D eigenvalue weighted by Crippen LogP contribution is -2.15. The first-order chi connectivity index (χ1) is 6.81. The van der Waals surface area contributed by atoms with E-state index in [0.29, 0.717) is 6.54 Å². The molecule has 0 aromatic carbocycles. The first-order valence-electron chi connectivity index (χ1n) is 4.76. The van der Waals surface area contributed by atoms with Crippen LogP contribution >= 0.6 is 0 Å². The highest BCUT2D eigenvalue weighted by Gasteiger charge is 2.06. The third kappa shape index (κ3) is 1.61. The lowest BCUT2D eigenvalue weighted by molar-refractivity contribution is 0.147. The molecule has 2 aromatic heterocycles. The van der Waals surface area contributed by atoms with Gasteiger partial charge in [-0.1, -0.05) is 6.92 Å². The van der Waals surface area contributed by atoms with Crippen LogP contribution < -0.4 is 0 Å². The van der Waals surface area contributed by atoms with Crippen LogP contribution in [0.2, 0.25) is 0 Å². The molecule has 0 spiro atoms. The van der Waals surface area contributed by atoms with Gasteiger partial charge in [0, 0.05) is 6.20 Å². The second kappa shape index (κ2) is 3.75. The molecule has 2 rings (SSSR count). The van der Waals surface area contributed by atoms with Gasteiger partial charge >= 0.3 is 0 Å². The second-order valence-corrected chi connectivity index (χ2v) is 3.30. The Kier molecular flexibility index (Phi) is 2.45. The summed E-state index contributed by atoms with van der Waals surface area (Å²) in [5, 5.41) is 13.7. The lowest BCUT2D eigenvalue weighted by atomic mass is 10.3. The largest absolute Gasteiger partial charge is 0.391 e.